The standard InChI is InChI=1S/C7H12O3/c1-5-6(4-8)7(9)2-3-10-5/h7-9H,2-4H2,1H3. The molecular weight excluding hydrogens is 132 g/mol. The first-order valence-corrected chi connectivity index (χ1v) is 3.37. The van der Waals surface area contributed by atoms with Crippen molar-refractivity contribution in [2.45, 2.75) is 19.4 Å². The molecule has 0 radical (unpaired) electrons. The van der Waals surface area contributed by atoms with E-state index in [1.54, 1.807) is 6.92 Å². The maximum atomic E-state index is 9.24. The van der Waals surface area contributed by atoms with E-state index in [-0.39, 0.29) is 6.61 Å². The number of aliphatic hydroxyl groups is 2. The summed E-state index contributed by atoms with van der Waals surface area (Å²) >= 11 is 0. The number of allylic oxidation sites excluding steroid dienone is 1. The maximum absolute atomic E-state index is 9.24. The number of rotatable bonds is 1. The lowest BCUT2D eigenvalue weighted by Crippen LogP contribution is -2.22. The molecule has 3 heteroatoms. The van der Waals surface area contributed by atoms with E-state index in [1.807, 2.05) is 0 Å². The molecule has 1 heterocycles. The summed E-state index contributed by atoms with van der Waals surface area (Å²) in [5, 5.41) is 18.0. The van der Waals surface area contributed by atoms with Gasteiger partial charge in [-0.15, -0.1) is 0 Å². The average Bonchev–Trinajstić information content (AvgIpc) is 1.88. The molecule has 0 saturated heterocycles. The smallest absolute Gasteiger partial charge is 0.0969 e. The molecule has 0 fully saturated rings. The van der Waals surface area contributed by atoms with Gasteiger partial charge < -0.3 is 14.9 Å². The van der Waals surface area contributed by atoms with Gasteiger partial charge in [0, 0.05) is 12.0 Å². The molecule has 1 aliphatic rings. The first-order chi connectivity index (χ1) is 4.75. The molecular formula is C7H12O3. The zero-order valence-electron chi connectivity index (χ0n) is 6.00. The SMILES string of the molecule is CC1=C(CO)C(O)CCO1. The molecule has 1 rings (SSSR count). The Labute approximate surface area is 59.9 Å². The molecule has 0 aromatic rings. The highest BCUT2D eigenvalue weighted by atomic mass is 16.5. The van der Waals surface area contributed by atoms with Gasteiger partial charge >= 0.3 is 0 Å². The van der Waals surface area contributed by atoms with Crippen LogP contribution in [0.15, 0.2) is 11.3 Å². The van der Waals surface area contributed by atoms with Gasteiger partial charge in [0.25, 0.3) is 0 Å². The molecule has 58 valence electrons. The van der Waals surface area contributed by atoms with E-state index in [0.29, 0.717) is 24.4 Å². The van der Waals surface area contributed by atoms with Gasteiger partial charge in [-0.2, -0.15) is 0 Å². The first-order valence-electron chi connectivity index (χ1n) is 3.37. The Bertz CT molecular complexity index is 151. The van der Waals surface area contributed by atoms with Crippen LogP contribution in [0.2, 0.25) is 0 Å². The van der Waals surface area contributed by atoms with E-state index in [9.17, 15) is 5.11 Å². The number of aliphatic hydroxyl groups excluding tert-OH is 2. The Morgan fingerprint density at radius 2 is 2.40 bits per heavy atom. The Morgan fingerprint density at radius 3 is 2.80 bits per heavy atom. The van der Waals surface area contributed by atoms with Crippen LogP contribution in [0.3, 0.4) is 0 Å². The van der Waals surface area contributed by atoms with Crippen LogP contribution in [0.5, 0.6) is 0 Å². The molecule has 1 unspecified atom stereocenters. The summed E-state index contributed by atoms with van der Waals surface area (Å²) in [7, 11) is 0. The number of ether oxygens (including phenoxy) is 1. The maximum Gasteiger partial charge on any atom is 0.0969 e. The fraction of sp³-hybridized carbons (Fsp3) is 0.714. The number of hydrogen-bond acceptors (Lipinski definition) is 3. The molecule has 10 heavy (non-hydrogen) atoms. The van der Waals surface area contributed by atoms with Crippen molar-refractivity contribution in [1.82, 2.24) is 0 Å². The summed E-state index contributed by atoms with van der Waals surface area (Å²) in [6, 6.07) is 0. The van der Waals surface area contributed by atoms with Gasteiger partial charge in [-0.05, 0) is 6.92 Å². The zero-order valence-corrected chi connectivity index (χ0v) is 6.00. The van der Waals surface area contributed by atoms with Gasteiger partial charge in [0.2, 0.25) is 0 Å². The van der Waals surface area contributed by atoms with Gasteiger partial charge in [0.05, 0.1) is 25.1 Å². The van der Waals surface area contributed by atoms with Crippen LogP contribution < -0.4 is 0 Å². The van der Waals surface area contributed by atoms with Crippen molar-refractivity contribution in [3.8, 4) is 0 Å². The van der Waals surface area contributed by atoms with E-state index in [1.165, 1.54) is 0 Å². The van der Waals surface area contributed by atoms with Crippen molar-refractivity contribution in [1.29, 1.82) is 0 Å². The molecule has 1 atom stereocenters. The Kier molecular flexibility index (Phi) is 2.29. The first kappa shape index (κ1) is 7.57. The van der Waals surface area contributed by atoms with Crippen molar-refractivity contribution in [3.05, 3.63) is 11.3 Å². The van der Waals surface area contributed by atoms with Crippen LogP contribution in [0, 0.1) is 0 Å². The average molecular weight is 144 g/mol. The lowest BCUT2D eigenvalue weighted by molar-refractivity contribution is 0.0897. The molecule has 3 nitrogen and oxygen atoms in total. The molecule has 0 amide bonds. The molecule has 0 saturated carbocycles. The predicted molar refractivity (Wildman–Crippen MR) is 36.4 cm³/mol. The fourth-order valence-corrected chi connectivity index (χ4v) is 1.04. The predicted octanol–water partition coefficient (Wildman–Crippen LogP) is 0.0339. The van der Waals surface area contributed by atoms with E-state index < -0.39 is 6.10 Å². The molecule has 0 spiro atoms. The summed E-state index contributed by atoms with van der Waals surface area (Å²) in [6.07, 6.45) is 0.0894. The highest BCUT2D eigenvalue weighted by Gasteiger charge is 2.18. The highest BCUT2D eigenvalue weighted by Crippen LogP contribution is 2.18. The minimum absolute atomic E-state index is 0.104. The molecule has 2 N–H and O–H groups in total. The summed E-state index contributed by atoms with van der Waals surface area (Å²) in [6.45, 7) is 2.21. The van der Waals surface area contributed by atoms with Crippen LogP contribution in [0.1, 0.15) is 13.3 Å². The number of hydrogen-bond donors (Lipinski definition) is 2. The topological polar surface area (TPSA) is 49.7 Å². The largest absolute Gasteiger partial charge is 0.498 e. The van der Waals surface area contributed by atoms with Crippen molar-refractivity contribution in [2.75, 3.05) is 13.2 Å². The summed E-state index contributed by atoms with van der Waals surface area (Å²) in [4.78, 5) is 0. The molecule has 0 aliphatic carbocycles. The van der Waals surface area contributed by atoms with Gasteiger partial charge in [-0.25, -0.2) is 0 Å². The van der Waals surface area contributed by atoms with Crippen molar-refractivity contribution in [2.24, 2.45) is 0 Å². The molecule has 0 aromatic heterocycles. The van der Waals surface area contributed by atoms with Gasteiger partial charge in [0.1, 0.15) is 0 Å². The quantitative estimate of drug-likeness (QED) is 0.546. The van der Waals surface area contributed by atoms with Crippen LogP contribution in [-0.2, 0) is 4.74 Å². The summed E-state index contributed by atoms with van der Waals surface area (Å²) < 4.78 is 5.11. The van der Waals surface area contributed by atoms with Gasteiger partial charge in [-0.1, -0.05) is 0 Å². The molecule has 0 aromatic carbocycles. The second-order valence-electron chi connectivity index (χ2n) is 2.39. The normalized spacial score (nSPS) is 26.5. The lowest BCUT2D eigenvalue weighted by atomic mass is 10.1. The molecule has 1 aliphatic heterocycles. The van der Waals surface area contributed by atoms with Crippen LogP contribution in [0.25, 0.3) is 0 Å². The van der Waals surface area contributed by atoms with E-state index in [0.717, 1.165) is 0 Å². The van der Waals surface area contributed by atoms with E-state index in [4.69, 9.17) is 9.84 Å². The van der Waals surface area contributed by atoms with Crippen LogP contribution >= 0.6 is 0 Å². The van der Waals surface area contributed by atoms with Crippen molar-refractivity contribution >= 4 is 0 Å². The Hall–Kier alpha value is -0.540. The van der Waals surface area contributed by atoms with Gasteiger partial charge in [-0.3, -0.25) is 0 Å². The van der Waals surface area contributed by atoms with Crippen LogP contribution in [0.4, 0.5) is 0 Å². The van der Waals surface area contributed by atoms with E-state index >= 15 is 0 Å². The second-order valence-corrected chi connectivity index (χ2v) is 2.39. The van der Waals surface area contributed by atoms with E-state index in [2.05, 4.69) is 0 Å². The van der Waals surface area contributed by atoms with Gasteiger partial charge in [0.15, 0.2) is 0 Å². The second kappa shape index (κ2) is 3.03. The third-order valence-corrected chi connectivity index (χ3v) is 1.73. The van der Waals surface area contributed by atoms with Crippen molar-refractivity contribution in [3.63, 3.8) is 0 Å². The fourth-order valence-electron chi connectivity index (χ4n) is 1.04. The van der Waals surface area contributed by atoms with Crippen molar-refractivity contribution < 1.29 is 14.9 Å². The highest BCUT2D eigenvalue weighted by molar-refractivity contribution is 5.14. The summed E-state index contributed by atoms with van der Waals surface area (Å²) in [5.41, 5.74) is 0.617. The Morgan fingerprint density at radius 1 is 1.70 bits per heavy atom. The molecule has 0 bridgehead atoms. The third-order valence-electron chi connectivity index (χ3n) is 1.73. The minimum atomic E-state index is -0.501. The minimum Gasteiger partial charge on any atom is -0.498 e. The van der Waals surface area contributed by atoms with Crippen LogP contribution in [-0.4, -0.2) is 29.5 Å². The Balaban J connectivity index is 2.73. The summed E-state index contributed by atoms with van der Waals surface area (Å²) in [5.74, 6) is 0.668. The zero-order chi connectivity index (χ0) is 7.56. The third kappa shape index (κ3) is 1.30. The lowest BCUT2D eigenvalue weighted by Gasteiger charge is -2.22. The monoisotopic (exact) mass is 144 g/mol.